The number of halogens is 1. The molecule has 2 heterocycles. The average Bonchev–Trinajstić information content (AvgIpc) is 3.34. The standard InChI is InChI=1S/C22H26FN5S/c1-25(15-17-9-3-6-12-20(17)27-13-7-8-14-27)16-28-22(29)26(2)21(24-28)18-10-4-5-11-19(18)23/h3-6,9-12H,7-8,13-16H2,1-2H3/p+1. The van der Waals surface area contributed by atoms with E-state index in [0.29, 0.717) is 22.8 Å². The maximum atomic E-state index is 14.2. The lowest BCUT2D eigenvalue weighted by Crippen LogP contribution is -3.07. The maximum absolute atomic E-state index is 14.2. The molecule has 1 N–H and O–H groups in total. The first-order valence-corrected chi connectivity index (χ1v) is 10.5. The van der Waals surface area contributed by atoms with Gasteiger partial charge in [-0.3, -0.25) is 0 Å². The summed E-state index contributed by atoms with van der Waals surface area (Å²) in [4.78, 5) is 3.75. The largest absolute Gasteiger partial charge is 0.371 e. The molecular formula is C22H27FN5S+. The van der Waals surface area contributed by atoms with Crippen LogP contribution in [0.2, 0.25) is 0 Å². The van der Waals surface area contributed by atoms with Crippen LogP contribution in [-0.4, -0.2) is 34.5 Å². The highest BCUT2D eigenvalue weighted by Gasteiger charge is 2.19. The summed E-state index contributed by atoms with van der Waals surface area (Å²) < 4.78 is 18.4. The molecule has 1 saturated heterocycles. The summed E-state index contributed by atoms with van der Waals surface area (Å²) in [6.07, 6.45) is 2.53. The predicted octanol–water partition coefficient (Wildman–Crippen LogP) is 3.03. The fourth-order valence-corrected chi connectivity index (χ4v) is 4.22. The van der Waals surface area contributed by atoms with Gasteiger partial charge in [-0.2, -0.15) is 4.68 Å². The second kappa shape index (κ2) is 8.47. The van der Waals surface area contributed by atoms with E-state index in [1.54, 1.807) is 21.4 Å². The summed E-state index contributed by atoms with van der Waals surface area (Å²) in [5, 5.41) is 4.63. The molecule has 0 radical (unpaired) electrons. The lowest BCUT2D eigenvalue weighted by molar-refractivity contribution is -0.917. The Bertz CT molecular complexity index is 1050. The molecule has 7 heteroatoms. The number of anilines is 1. The predicted molar refractivity (Wildman–Crippen MR) is 116 cm³/mol. The molecule has 3 aromatic rings. The molecule has 4 rings (SSSR count). The van der Waals surface area contributed by atoms with Gasteiger partial charge in [-0.25, -0.2) is 4.39 Å². The van der Waals surface area contributed by atoms with Crippen LogP contribution in [-0.2, 0) is 20.3 Å². The Labute approximate surface area is 176 Å². The van der Waals surface area contributed by atoms with E-state index in [9.17, 15) is 4.39 Å². The lowest BCUT2D eigenvalue weighted by Gasteiger charge is -2.23. The summed E-state index contributed by atoms with van der Waals surface area (Å²) in [7, 11) is 3.98. The molecular weight excluding hydrogens is 385 g/mol. The zero-order valence-corrected chi connectivity index (χ0v) is 17.8. The van der Waals surface area contributed by atoms with Crippen molar-refractivity contribution >= 4 is 17.9 Å². The van der Waals surface area contributed by atoms with Gasteiger partial charge in [0, 0.05) is 31.4 Å². The second-order valence-electron chi connectivity index (χ2n) is 7.76. The van der Waals surface area contributed by atoms with Gasteiger partial charge in [-0.1, -0.05) is 30.3 Å². The molecule has 1 unspecified atom stereocenters. The minimum Gasteiger partial charge on any atom is -0.371 e. The van der Waals surface area contributed by atoms with Crippen molar-refractivity contribution in [3.63, 3.8) is 0 Å². The van der Waals surface area contributed by atoms with Gasteiger partial charge in [0.05, 0.1) is 12.6 Å². The molecule has 29 heavy (non-hydrogen) atoms. The molecule has 1 fully saturated rings. The number of nitrogens with one attached hydrogen (secondary N) is 1. The number of aromatic nitrogens is 3. The van der Waals surface area contributed by atoms with Gasteiger partial charge in [0.1, 0.15) is 12.4 Å². The first-order chi connectivity index (χ1) is 14.0. The van der Waals surface area contributed by atoms with Crippen molar-refractivity contribution < 1.29 is 9.29 Å². The van der Waals surface area contributed by atoms with E-state index in [1.807, 2.05) is 13.1 Å². The fraction of sp³-hybridized carbons (Fsp3) is 0.364. The van der Waals surface area contributed by atoms with Crippen LogP contribution in [0.1, 0.15) is 18.4 Å². The summed E-state index contributed by atoms with van der Waals surface area (Å²) in [5.41, 5.74) is 3.14. The van der Waals surface area contributed by atoms with Crippen molar-refractivity contribution in [2.24, 2.45) is 7.05 Å². The SMILES string of the molecule is Cn1c(-c2ccccc2F)nn(C[NH+](C)Cc2ccccc2N2CCCC2)c1=S. The van der Waals surface area contributed by atoms with Crippen LogP contribution in [0.3, 0.4) is 0 Å². The summed E-state index contributed by atoms with van der Waals surface area (Å²) in [5.74, 6) is 0.265. The van der Waals surface area contributed by atoms with Crippen molar-refractivity contribution in [2.45, 2.75) is 26.1 Å². The van der Waals surface area contributed by atoms with E-state index in [-0.39, 0.29) is 5.82 Å². The second-order valence-corrected chi connectivity index (χ2v) is 8.12. The van der Waals surface area contributed by atoms with E-state index >= 15 is 0 Å². The topological polar surface area (TPSA) is 30.4 Å². The molecule has 2 aromatic carbocycles. The van der Waals surface area contributed by atoms with E-state index in [1.165, 1.54) is 35.1 Å². The van der Waals surface area contributed by atoms with Crippen LogP contribution in [0.5, 0.6) is 0 Å². The summed E-state index contributed by atoms with van der Waals surface area (Å²) in [6.45, 7) is 3.76. The van der Waals surface area contributed by atoms with Gasteiger partial charge in [0.15, 0.2) is 12.5 Å². The number of para-hydroxylation sites is 1. The highest BCUT2D eigenvalue weighted by molar-refractivity contribution is 7.71. The number of quaternary nitrogens is 1. The van der Waals surface area contributed by atoms with E-state index in [0.717, 1.165) is 19.6 Å². The van der Waals surface area contributed by atoms with Crippen LogP contribution in [0.25, 0.3) is 11.4 Å². The van der Waals surface area contributed by atoms with Crippen molar-refractivity contribution in [1.29, 1.82) is 0 Å². The van der Waals surface area contributed by atoms with Gasteiger partial charge in [-0.05, 0) is 43.3 Å². The first-order valence-electron chi connectivity index (χ1n) is 10.1. The molecule has 0 saturated carbocycles. The minimum absolute atomic E-state index is 0.289. The number of hydrogen-bond acceptors (Lipinski definition) is 3. The Morgan fingerprint density at radius 3 is 2.52 bits per heavy atom. The molecule has 1 aliphatic heterocycles. The third-order valence-electron chi connectivity index (χ3n) is 5.51. The van der Waals surface area contributed by atoms with Crippen LogP contribution in [0.4, 0.5) is 10.1 Å². The van der Waals surface area contributed by atoms with Gasteiger partial charge >= 0.3 is 0 Å². The molecule has 0 spiro atoms. The van der Waals surface area contributed by atoms with Crippen LogP contribution in [0.15, 0.2) is 48.5 Å². The Balaban J connectivity index is 1.54. The molecule has 152 valence electrons. The molecule has 1 atom stereocenters. The highest BCUT2D eigenvalue weighted by Crippen LogP contribution is 2.24. The van der Waals surface area contributed by atoms with Crippen molar-refractivity contribution in [3.05, 3.63) is 64.7 Å². The Kier molecular flexibility index (Phi) is 5.78. The summed E-state index contributed by atoms with van der Waals surface area (Å²) >= 11 is 5.57. The van der Waals surface area contributed by atoms with Gasteiger partial charge in [-0.15, -0.1) is 5.10 Å². The molecule has 1 aliphatic rings. The number of rotatable bonds is 6. The first kappa shape index (κ1) is 19.8. The third-order valence-corrected chi connectivity index (χ3v) is 5.99. The quantitative estimate of drug-likeness (QED) is 0.632. The molecule has 0 aliphatic carbocycles. The maximum Gasteiger partial charge on any atom is 0.202 e. The Hall–Kier alpha value is -2.51. The van der Waals surface area contributed by atoms with E-state index in [4.69, 9.17) is 12.2 Å². The van der Waals surface area contributed by atoms with Crippen LogP contribution < -0.4 is 9.80 Å². The fourth-order valence-electron chi connectivity index (χ4n) is 4.03. The minimum atomic E-state index is -0.289. The van der Waals surface area contributed by atoms with Crippen molar-refractivity contribution in [3.8, 4) is 11.4 Å². The van der Waals surface area contributed by atoms with E-state index in [2.05, 4.69) is 41.3 Å². The van der Waals surface area contributed by atoms with E-state index < -0.39 is 0 Å². The van der Waals surface area contributed by atoms with Crippen LogP contribution in [0, 0.1) is 10.6 Å². The molecule has 0 amide bonds. The lowest BCUT2D eigenvalue weighted by atomic mass is 10.1. The monoisotopic (exact) mass is 412 g/mol. The zero-order valence-electron chi connectivity index (χ0n) is 16.9. The van der Waals surface area contributed by atoms with Gasteiger partial charge in [0.25, 0.3) is 0 Å². The Morgan fingerprint density at radius 1 is 1.07 bits per heavy atom. The smallest absolute Gasteiger partial charge is 0.202 e. The van der Waals surface area contributed by atoms with Crippen molar-refractivity contribution in [1.82, 2.24) is 14.3 Å². The Morgan fingerprint density at radius 2 is 1.76 bits per heavy atom. The molecule has 1 aromatic heterocycles. The average molecular weight is 413 g/mol. The highest BCUT2D eigenvalue weighted by atomic mass is 32.1. The molecule has 5 nitrogen and oxygen atoms in total. The van der Waals surface area contributed by atoms with Crippen molar-refractivity contribution in [2.75, 3.05) is 25.0 Å². The number of nitrogens with zero attached hydrogens (tertiary/aromatic N) is 4. The zero-order chi connectivity index (χ0) is 20.4. The third kappa shape index (κ3) is 4.11. The normalized spacial score (nSPS) is 15.1. The van der Waals surface area contributed by atoms with Crippen LogP contribution >= 0.6 is 12.2 Å². The number of benzene rings is 2. The summed E-state index contributed by atoms with van der Waals surface area (Å²) in [6, 6.07) is 15.3. The van der Waals surface area contributed by atoms with Gasteiger partial charge < -0.3 is 14.4 Å². The molecule has 0 bridgehead atoms. The number of hydrogen-bond donors (Lipinski definition) is 1. The van der Waals surface area contributed by atoms with Gasteiger partial charge in [0.2, 0.25) is 4.77 Å².